The Labute approximate surface area is 266 Å². The van der Waals surface area contributed by atoms with Crippen LogP contribution in [0.3, 0.4) is 0 Å². The fraction of sp³-hybridized carbons (Fsp3) is 0.364. The van der Waals surface area contributed by atoms with Crippen molar-refractivity contribution in [1.82, 2.24) is 0 Å². The lowest BCUT2D eigenvalue weighted by atomic mass is 9.83. The van der Waals surface area contributed by atoms with Gasteiger partial charge in [-0.2, -0.15) is 0 Å². The third kappa shape index (κ3) is 7.59. The molecule has 5 heterocycles. The van der Waals surface area contributed by atoms with E-state index in [0.717, 1.165) is 61.2 Å². The molecule has 3 aliphatic rings. The number of para-hydroxylation sites is 1. The maximum absolute atomic E-state index is 13.4. The molecule has 3 fully saturated rings. The molecule has 2 bridgehead atoms. The lowest BCUT2D eigenvalue weighted by Crippen LogP contribution is -2.65. The number of hydrogen-bond acceptors (Lipinski definition) is 9. The molecule has 7 rings (SSSR count). The van der Waals surface area contributed by atoms with Crippen molar-refractivity contribution in [3.8, 4) is 5.75 Å². The molecule has 11 heteroatoms. The number of carbonyl (C=O) groups is 1. The highest BCUT2D eigenvalue weighted by Gasteiger charge is 2.51. The Hall–Kier alpha value is -3.06. The first-order valence-corrected chi connectivity index (χ1v) is 17.8. The van der Waals surface area contributed by atoms with Gasteiger partial charge in [0.05, 0.1) is 40.9 Å². The zero-order valence-electron chi connectivity index (χ0n) is 24.5. The third-order valence-electron chi connectivity index (χ3n) is 8.45. The Morgan fingerprint density at radius 2 is 1.57 bits per heavy atom. The molecule has 0 amide bonds. The second kappa shape index (κ2) is 13.9. The van der Waals surface area contributed by atoms with Gasteiger partial charge >= 0.3 is 5.97 Å². The number of piperidine rings is 3. The molecule has 2 aromatic heterocycles. The van der Waals surface area contributed by atoms with Crippen molar-refractivity contribution in [2.45, 2.75) is 42.8 Å². The van der Waals surface area contributed by atoms with Gasteiger partial charge in [-0.15, -0.1) is 22.7 Å². The number of hydrogen-bond donors (Lipinski definition) is 1. The van der Waals surface area contributed by atoms with E-state index in [2.05, 4.69) is 0 Å². The summed E-state index contributed by atoms with van der Waals surface area (Å²) in [5.41, 5.74) is -0.805. The van der Waals surface area contributed by atoms with E-state index in [-0.39, 0.29) is 11.0 Å². The number of rotatable bonds is 10. The Morgan fingerprint density at radius 3 is 2.11 bits per heavy atom. The van der Waals surface area contributed by atoms with Crippen LogP contribution in [-0.4, -0.2) is 67.4 Å². The molecule has 0 saturated carbocycles. The fourth-order valence-electron chi connectivity index (χ4n) is 5.99. The second-order valence-corrected chi connectivity index (χ2v) is 14.7. The van der Waals surface area contributed by atoms with Gasteiger partial charge in [0.25, 0.3) is 0 Å². The van der Waals surface area contributed by atoms with E-state index >= 15 is 0 Å². The number of thiophene rings is 2. The minimum absolute atomic E-state index is 0.151. The highest BCUT2D eigenvalue weighted by molar-refractivity contribution is 7.85. The molecule has 1 atom stereocenters. The molecule has 44 heavy (non-hydrogen) atoms. The summed E-state index contributed by atoms with van der Waals surface area (Å²) >= 11 is 2.77. The summed E-state index contributed by atoms with van der Waals surface area (Å²) in [4.78, 5) is 14.5. The largest absolute Gasteiger partial charge is 0.744 e. The molecule has 3 aliphatic heterocycles. The summed E-state index contributed by atoms with van der Waals surface area (Å²) in [5, 5.41) is 15.3. The van der Waals surface area contributed by atoms with Crippen LogP contribution in [0.15, 0.2) is 94.5 Å². The van der Waals surface area contributed by atoms with Gasteiger partial charge in [-0.1, -0.05) is 48.0 Å². The van der Waals surface area contributed by atoms with Crippen molar-refractivity contribution >= 4 is 38.8 Å². The molecule has 8 nitrogen and oxygen atoms in total. The Kier molecular flexibility index (Phi) is 10.2. The predicted octanol–water partition coefficient (Wildman–Crippen LogP) is 5.57. The van der Waals surface area contributed by atoms with Crippen LogP contribution in [0.25, 0.3) is 0 Å². The van der Waals surface area contributed by atoms with E-state index in [4.69, 9.17) is 9.47 Å². The van der Waals surface area contributed by atoms with Crippen LogP contribution in [0.2, 0.25) is 0 Å². The standard InChI is InChI=1S/C26H30NO4S2.C7H8O3S/c28-25(26(29,23-9-4-17-32-23)24-10-5-18-33-24)31-22-19-27(14-11-20(22)12-15-27)13-6-16-30-21-7-2-1-3-8-21;1-6-2-4-7(5-3-6)11(8,9)10/h1-5,7-10,17-18,20,22,29H,6,11-16,19H2;2-5H,1H3,(H,8,9,10)/q+1;/p-1. The molecule has 234 valence electrons. The van der Waals surface area contributed by atoms with Gasteiger partial charge in [0.15, 0.2) is 6.10 Å². The van der Waals surface area contributed by atoms with Crippen LogP contribution >= 0.6 is 22.7 Å². The van der Waals surface area contributed by atoms with Crippen molar-refractivity contribution in [3.63, 3.8) is 0 Å². The first-order chi connectivity index (χ1) is 21.1. The zero-order valence-corrected chi connectivity index (χ0v) is 27.0. The van der Waals surface area contributed by atoms with Crippen LogP contribution in [0, 0.1) is 12.8 Å². The first kappa shape index (κ1) is 32.3. The number of esters is 1. The first-order valence-electron chi connectivity index (χ1n) is 14.7. The van der Waals surface area contributed by atoms with Gasteiger partial charge in [-0.05, 0) is 54.1 Å². The smallest absolute Gasteiger partial charge is 0.349 e. The van der Waals surface area contributed by atoms with E-state index in [1.54, 1.807) is 12.1 Å². The van der Waals surface area contributed by atoms with Crippen LogP contribution in [0.4, 0.5) is 0 Å². The number of aryl methyl sites for hydroxylation is 1. The molecule has 4 aromatic rings. The SMILES string of the molecule is Cc1ccc(S(=O)(=O)[O-])cc1.O=C(OC1C[N+]2(CCCOc3ccccc3)CCC1CC2)C(O)(c1cccs1)c1cccs1. The number of benzene rings is 2. The number of ether oxygens (including phenoxy) is 2. The summed E-state index contributed by atoms with van der Waals surface area (Å²) in [6.07, 6.45) is 2.94. The van der Waals surface area contributed by atoms with Crippen LogP contribution in [0.5, 0.6) is 5.75 Å². The molecule has 2 aromatic carbocycles. The van der Waals surface area contributed by atoms with Crippen molar-refractivity contribution in [1.29, 1.82) is 0 Å². The Balaban J connectivity index is 0.000000296. The summed E-state index contributed by atoms with van der Waals surface area (Å²) < 4.78 is 44.1. The highest BCUT2D eigenvalue weighted by atomic mass is 32.2. The van der Waals surface area contributed by atoms with Gasteiger partial charge in [-0.25, -0.2) is 13.2 Å². The third-order valence-corrected chi connectivity index (χ3v) is 11.3. The Bertz CT molecular complexity index is 1550. The topological polar surface area (TPSA) is 113 Å². The fourth-order valence-corrected chi connectivity index (χ4v) is 8.18. The number of carbonyl (C=O) groups excluding carboxylic acids is 1. The zero-order chi connectivity index (χ0) is 31.2. The summed E-state index contributed by atoms with van der Waals surface area (Å²) in [5.74, 6) is 0.741. The minimum atomic E-state index is -4.27. The van der Waals surface area contributed by atoms with Crippen molar-refractivity contribution in [3.05, 3.63) is 105 Å². The van der Waals surface area contributed by atoms with Gasteiger partial charge in [0, 0.05) is 25.2 Å². The molecular weight excluding hydrogens is 619 g/mol. The normalized spacial score (nSPS) is 21.2. The second-order valence-electron chi connectivity index (χ2n) is 11.4. The number of aliphatic hydroxyl groups is 1. The van der Waals surface area contributed by atoms with Gasteiger partial charge < -0.3 is 23.6 Å². The lowest BCUT2D eigenvalue weighted by molar-refractivity contribution is -0.946. The molecule has 0 radical (unpaired) electrons. The maximum atomic E-state index is 13.4. The van der Waals surface area contributed by atoms with E-state index in [1.807, 2.05) is 72.3 Å². The average Bonchev–Trinajstić information content (AvgIpc) is 3.76. The summed E-state index contributed by atoms with van der Waals surface area (Å²) in [6.45, 7) is 6.62. The van der Waals surface area contributed by atoms with Crippen molar-refractivity contribution in [2.75, 3.05) is 32.8 Å². The van der Waals surface area contributed by atoms with E-state index < -0.39 is 21.7 Å². The molecule has 0 spiro atoms. The van der Waals surface area contributed by atoms with Gasteiger partial charge in [0.2, 0.25) is 5.60 Å². The van der Waals surface area contributed by atoms with Crippen LogP contribution < -0.4 is 4.74 Å². The van der Waals surface area contributed by atoms with Gasteiger partial charge in [0.1, 0.15) is 22.4 Å². The van der Waals surface area contributed by atoms with E-state index in [0.29, 0.717) is 22.3 Å². The molecule has 3 saturated heterocycles. The van der Waals surface area contributed by atoms with Crippen LogP contribution in [-0.2, 0) is 25.3 Å². The maximum Gasteiger partial charge on any atom is 0.349 e. The van der Waals surface area contributed by atoms with E-state index in [1.165, 1.54) is 34.8 Å². The number of nitrogens with zero attached hydrogens (tertiary/aromatic N) is 1. The van der Waals surface area contributed by atoms with Crippen molar-refractivity contribution in [2.24, 2.45) is 5.92 Å². The summed E-state index contributed by atoms with van der Waals surface area (Å²) in [6, 6.07) is 23.0. The minimum Gasteiger partial charge on any atom is -0.744 e. The quantitative estimate of drug-likeness (QED) is 0.103. The monoisotopic (exact) mass is 655 g/mol. The van der Waals surface area contributed by atoms with Crippen molar-refractivity contribution < 1.29 is 36.8 Å². The lowest BCUT2D eigenvalue weighted by Gasteiger charge is -2.52. The average molecular weight is 656 g/mol. The van der Waals surface area contributed by atoms with Gasteiger partial charge in [-0.3, -0.25) is 0 Å². The highest BCUT2D eigenvalue weighted by Crippen LogP contribution is 2.40. The number of fused-ring (bicyclic) bond motifs is 3. The predicted molar refractivity (Wildman–Crippen MR) is 170 cm³/mol. The molecule has 1 unspecified atom stereocenters. The number of quaternary nitrogens is 1. The Morgan fingerprint density at radius 1 is 0.955 bits per heavy atom. The summed E-state index contributed by atoms with van der Waals surface area (Å²) in [7, 11) is -4.27. The van der Waals surface area contributed by atoms with Crippen LogP contribution in [0.1, 0.15) is 34.6 Å². The van der Waals surface area contributed by atoms with E-state index in [9.17, 15) is 22.9 Å². The molecule has 1 N–H and O–H groups in total. The molecule has 0 aliphatic carbocycles. The molecular formula is C33H37NO7S3.